The standard InChI is InChI=1S/C16H12ClNO2/c1-10-2-4-11(5-3-10)9-18-14-7-6-12(17)8-13(14)15(19)16(18)20/h2-8H,9H2,1H3. The SMILES string of the molecule is Cc1ccc(CN2C(=O)C(=O)c3cc(Cl)ccc32)cc1. The van der Waals surface area contributed by atoms with Crippen molar-refractivity contribution in [3.05, 3.63) is 64.2 Å². The van der Waals surface area contributed by atoms with E-state index in [2.05, 4.69) is 0 Å². The van der Waals surface area contributed by atoms with Gasteiger partial charge >= 0.3 is 0 Å². The van der Waals surface area contributed by atoms with Gasteiger partial charge in [-0.2, -0.15) is 0 Å². The molecule has 0 aliphatic carbocycles. The van der Waals surface area contributed by atoms with Crippen molar-refractivity contribution < 1.29 is 9.59 Å². The van der Waals surface area contributed by atoms with Crippen LogP contribution in [0, 0.1) is 6.92 Å². The molecule has 0 radical (unpaired) electrons. The number of fused-ring (bicyclic) bond motifs is 1. The lowest BCUT2D eigenvalue weighted by Gasteiger charge is -2.16. The minimum Gasteiger partial charge on any atom is -0.300 e. The summed E-state index contributed by atoms with van der Waals surface area (Å²) in [6.07, 6.45) is 0. The second kappa shape index (κ2) is 4.76. The molecule has 0 unspecified atom stereocenters. The van der Waals surface area contributed by atoms with Crippen LogP contribution in [-0.4, -0.2) is 11.7 Å². The summed E-state index contributed by atoms with van der Waals surface area (Å²) in [5, 5.41) is 0.460. The van der Waals surface area contributed by atoms with Crippen LogP contribution >= 0.6 is 11.6 Å². The number of anilines is 1. The summed E-state index contributed by atoms with van der Waals surface area (Å²) < 4.78 is 0. The van der Waals surface area contributed by atoms with Gasteiger partial charge in [-0.05, 0) is 30.7 Å². The lowest BCUT2D eigenvalue weighted by Crippen LogP contribution is -2.29. The third-order valence-electron chi connectivity index (χ3n) is 3.39. The van der Waals surface area contributed by atoms with Crippen LogP contribution in [0.4, 0.5) is 5.69 Å². The van der Waals surface area contributed by atoms with Crippen LogP contribution < -0.4 is 4.90 Å². The number of Topliss-reactive ketones (excluding diaryl/α,β-unsaturated/α-hetero) is 1. The van der Waals surface area contributed by atoms with E-state index in [9.17, 15) is 9.59 Å². The summed E-state index contributed by atoms with van der Waals surface area (Å²) in [4.78, 5) is 25.5. The third kappa shape index (κ3) is 2.10. The Morgan fingerprint density at radius 1 is 1.05 bits per heavy atom. The monoisotopic (exact) mass is 285 g/mol. The Hall–Kier alpha value is -2.13. The number of nitrogens with zero attached hydrogens (tertiary/aromatic N) is 1. The first-order valence-electron chi connectivity index (χ1n) is 6.27. The van der Waals surface area contributed by atoms with Gasteiger partial charge in [0, 0.05) is 5.02 Å². The fourth-order valence-electron chi connectivity index (χ4n) is 2.31. The number of hydrogen-bond donors (Lipinski definition) is 0. The molecule has 2 aromatic rings. The zero-order valence-electron chi connectivity index (χ0n) is 10.9. The van der Waals surface area contributed by atoms with E-state index in [0.717, 1.165) is 11.1 Å². The van der Waals surface area contributed by atoms with Crippen LogP contribution in [0.2, 0.25) is 5.02 Å². The molecular formula is C16H12ClNO2. The second-order valence-corrected chi connectivity index (χ2v) is 5.30. The summed E-state index contributed by atoms with van der Waals surface area (Å²) in [6.45, 7) is 2.39. The molecule has 0 atom stereocenters. The highest BCUT2D eigenvalue weighted by atomic mass is 35.5. The first kappa shape index (κ1) is 12.9. The number of rotatable bonds is 2. The van der Waals surface area contributed by atoms with Gasteiger partial charge in [0.2, 0.25) is 0 Å². The van der Waals surface area contributed by atoms with Crippen molar-refractivity contribution in [1.82, 2.24) is 0 Å². The summed E-state index contributed by atoms with van der Waals surface area (Å²) in [5.74, 6) is -0.988. The van der Waals surface area contributed by atoms with Gasteiger partial charge in [0.1, 0.15) is 0 Å². The van der Waals surface area contributed by atoms with Crippen molar-refractivity contribution in [3.8, 4) is 0 Å². The van der Waals surface area contributed by atoms with Gasteiger partial charge in [0.05, 0.1) is 17.8 Å². The first-order chi connectivity index (χ1) is 9.56. The minimum absolute atomic E-state index is 0.384. The molecule has 0 bridgehead atoms. The molecule has 0 fully saturated rings. The Morgan fingerprint density at radius 2 is 1.75 bits per heavy atom. The number of ketones is 1. The highest BCUT2D eigenvalue weighted by Crippen LogP contribution is 2.32. The number of carbonyl (C=O) groups excluding carboxylic acids is 2. The lowest BCUT2D eigenvalue weighted by molar-refractivity contribution is -0.114. The van der Waals surface area contributed by atoms with E-state index >= 15 is 0 Å². The van der Waals surface area contributed by atoms with Crippen molar-refractivity contribution in [2.45, 2.75) is 13.5 Å². The topological polar surface area (TPSA) is 37.4 Å². The summed E-state index contributed by atoms with van der Waals surface area (Å²) in [6, 6.07) is 12.8. The van der Waals surface area contributed by atoms with Crippen LogP contribution in [0.5, 0.6) is 0 Å². The summed E-state index contributed by atoms with van der Waals surface area (Å²) in [7, 11) is 0. The van der Waals surface area contributed by atoms with E-state index in [1.165, 1.54) is 4.90 Å². The second-order valence-electron chi connectivity index (χ2n) is 4.87. The molecule has 0 saturated heterocycles. The van der Waals surface area contributed by atoms with Crippen molar-refractivity contribution in [1.29, 1.82) is 0 Å². The van der Waals surface area contributed by atoms with Crippen LogP contribution in [-0.2, 0) is 11.3 Å². The quantitative estimate of drug-likeness (QED) is 0.793. The number of hydrogen-bond acceptors (Lipinski definition) is 2. The van der Waals surface area contributed by atoms with E-state index in [-0.39, 0.29) is 0 Å². The number of benzene rings is 2. The highest BCUT2D eigenvalue weighted by molar-refractivity contribution is 6.52. The summed E-state index contributed by atoms with van der Waals surface area (Å²) >= 11 is 5.88. The molecule has 0 saturated carbocycles. The predicted octanol–water partition coefficient (Wildman–Crippen LogP) is 3.38. The first-order valence-corrected chi connectivity index (χ1v) is 6.65. The van der Waals surface area contributed by atoms with Gasteiger partial charge < -0.3 is 4.90 Å². The Kier molecular flexibility index (Phi) is 3.07. The number of carbonyl (C=O) groups is 2. The van der Waals surface area contributed by atoms with Gasteiger partial charge in [-0.3, -0.25) is 9.59 Å². The van der Waals surface area contributed by atoms with Gasteiger partial charge in [0.25, 0.3) is 11.7 Å². The molecule has 3 nitrogen and oxygen atoms in total. The molecule has 4 heteroatoms. The molecule has 0 N–H and O–H groups in total. The zero-order chi connectivity index (χ0) is 14.3. The lowest BCUT2D eigenvalue weighted by atomic mass is 10.1. The van der Waals surface area contributed by atoms with E-state index in [1.54, 1.807) is 18.2 Å². The Labute approximate surface area is 121 Å². The van der Waals surface area contributed by atoms with Crippen LogP contribution in [0.3, 0.4) is 0 Å². The van der Waals surface area contributed by atoms with Gasteiger partial charge in [-0.15, -0.1) is 0 Å². The van der Waals surface area contributed by atoms with Crippen molar-refractivity contribution in [2.24, 2.45) is 0 Å². The Balaban J connectivity index is 1.97. The van der Waals surface area contributed by atoms with Crippen molar-refractivity contribution in [2.75, 3.05) is 4.90 Å². The molecule has 100 valence electrons. The molecule has 1 heterocycles. The molecule has 1 aliphatic rings. The summed E-state index contributed by atoms with van der Waals surface area (Å²) in [5.41, 5.74) is 3.16. The number of aryl methyl sites for hydroxylation is 1. The largest absolute Gasteiger partial charge is 0.300 e. The minimum atomic E-state index is -0.497. The smallest absolute Gasteiger partial charge is 0.299 e. The zero-order valence-corrected chi connectivity index (χ0v) is 11.6. The maximum Gasteiger partial charge on any atom is 0.299 e. The van der Waals surface area contributed by atoms with Crippen molar-refractivity contribution in [3.63, 3.8) is 0 Å². The average molecular weight is 286 g/mol. The maximum absolute atomic E-state index is 12.1. The van der Waals surface area contributed by atoms with Crippen LogP contribution in [0.15, 0.2) is 42.5 Å². The third-order valence-corrected chi connectivity index (χ3v) is 3.63. The maximum atomic E-state index is 12.1. The fraction of sp³-hybridized carbons (Fsp3) is 0.125. The van der Waals surface area contributed by atoms with E-state index in [4.69, 9.17) is 11.6 Å². The van der Waals surface area contributed by atoms with E-state index < -0.39 is 11.7 Å². The normalized spacial score (nSPS) is 13.8. The molecular weight excluding hydrogens is 274 g/mol. The average Bonchev–Trinajstić information content (AvgIpc) is 2.66. The fourth-order valence-corrected chi connectivity index (χ4v) is 2.48. The molecule has 0 spiro atoms. The Morgan fingerprint density at radius 3 is 2.45 bits per heavy atom. The Bertz CT molecular complexity index is 707. The molecule has 20 heavy (non-hydrogen) atoms. The van der Waals surface area contributed by atoms with Crippen LogP contribution in [0.1, 0.15) is 21.5 Å². The van der Waals surface area contributed by atoms with Gasteiger partial charge in [-0.1, -0.05) is 41.4 Å². The van der Waals surface area contributed by atoms with E-state index in [0.29, 0.717) is 22.8 Å². The number of halogens is 1. The molecule has 2 aromatic carbocycles. The molecule has 0 aromatic heterocycles. The van der Waals surface area contributed by atoms with E-state index in [1.807, 2.05) is 31.2 Å². The van der Waals surface area contributed by atoms with Gasteiger partial charge in [-0.25, -0.2) is 0 Å². The number of amides is 1. The molecule has 1 amide bonds. The van der Waals surface area contributed by atoms with Crippen LogP contribution in [0.25, 0.3) is 0 Å². The molecule has 3 rings (SSSR count). The van der Waals surface area contributed by atoms with Crippen molar-refractivity contribution >= 4 is 29.0 Å². The molecule has 1 aliphatic heterocycles. The predicted molar refractivity (Wildman–Crippen MR) is 78.2 cm³/mol. The highest BCUT2D eigenvalue weighted by Gasteiger charge is 2.35. The van der Waals surface area contributed by atoms with Gasteiger partial charge in [0.15, 0.2) is 0 Å².